The number of carbonyl (C=O) groups is 1. The van der Waals surface area contributed by atoms with Crippen LogP contribution in [-0.2, 0) is 6.54 Å². The fraction of sp³-hybridized carbons (Fsp3) is 0.368. The highest BCUT2D eigenvalue weighted by Crippen LogP contribution is 2.35. The Morgan fingerprint density at radius 1 is 1.42 bits per heavy atom. The van der Waals surface area contributed by atoms with Gasteiger partial charge in [-0.1, -0.05) is 36.7 Å². The average Bonchev–Trinajstić information content (AvgIpc) is 3.20. The molecule has 1 atom stereocenters. The highest BCUT2D eigenvalue weighted by atomic mass is 35.5. The minimum absolute atomic E-state index is 0.191. The summed E-state index contributed by atoms with van der Waals surface area (Å²) >= 11 is 9.27. The molecule has 1 unspecified atom stereocenters. The number of hydrogen-bond donors (Lipinski definition) is 1. The van der Waals surface area contributed by atoms with E-state index in [1.54, 1.807) is 0 Å². The van der Waals surface area contributed by atoms with E-state index < -0.39 is 0 Å². The van der Waals surface area contributed by atoms with Gasteiger partial charge in [-0.05, 0) is 31.4 Å². The summed E-state index contributed by atoms with van der Waals surface area (Å²) in [5.74, 6) is 0.556. The Bertz CT molecular complexity index is 936. The van der Waals surface area contributed by atoms with Crippen LogP contribution in [0, 0.1) is 5.92 Å². The van der Waals surface area contributed by atoms with E-state index in [4.69, 9.17) is 11.6 Å². The summed E-state index contributed by atoms with van der Waals surface area (Å²) in [4.78, 5) is 20.2. The third-order valence-corrected chi connectivity index (χ3v) is 7.12. The van der Waals surface area contributed by atoms with Crippen LogP contribution in [0.4, 0.5) is 5.13 Å². The van der Waals surface area contributed by atoms with Crippen molar-refractivity contribution in [1.29, 1.82) is 0 Å². The van der Waals surface area contributed by atoms with E-state index in [0.29, 0.717) is 15.0 Å². The van der Waals surface area contributed by atoms with E-state index in [0.717, 1.165) is 41.3 Å². The Morgan fingerprint density at radius 2 is 2.27 bits per heavy atom. The topological polar surface area (TPSA) is 45.2 Å². The molecule has 0 saturated carbocycles. The van der Waals surface area contributed by atoms with Gasteiger partial charge >= 0.3 is 0 Å². The summed E-state index contributed by atoms with van der Waals surface area (Å²) in [7, 11) is 0. The van der Waals surface area contributed by atoms with E-state index in [1.165, 1.54) is 35.5 Å². The molecule has 2 aromatic heterocycles. The van der Waals surface area contributed by atoms with Gasteiger partial charge in [-0.15, -0.1) is 22.7 Å². The van der Waals surface area contributed by atoms with Gasteiger partial charge in [-0.2, -0.15) is 0 Å². The first-order chi connectivity index (χ1) is 12.6. The van der Waals surface area contributed by atoms with Crippen LogP contribution in [0.15, 0.2) is 29.6 Å². The first-order valence-corrected chi connectivity index (χ1v) is 10.8. The molecule has 3 heterocycles. The number of fused-ring (bicyclic) bond motifs is 1. The molecule has 136 valence electrons. The lowest BCUT2D eigenvalue weighted by molar-refractivity contribution is 0.103. The monoisotopic (exact) mass is 405 g/mol. The fourth-order valence-corrected chi connectivity index (χ4v) is 5.52. The maximum atomic E-state index is 12.6. The minimum Gasteiger partial charge on any atom is -0.297 e. The van der Waals surface area contributed by atoms with E-state index in [9.17, 15) is 4.79 Å². The van der Waals surface area contributed by atoms with Crippen LogP contribution in [0.2, 0.25) is 5.02 Å². The second-order valence-corrected chi connectivity index (χ2v) is 9.11. The molecule has 1 amide bonds. The third kappa shape index (κ3) is 3.78. The lowest BCUT2D eigenvalue weighted by Crippen LogP contribution is -2.33. The third-order valence-electron chi connectivity index (χ3n) is 4.64. The number of likely N-dealkylation sites (tertiary alicyclic amines) is 1. The molecule has 1 fully saturated rings. The van der Waals surface area contributed by atoms with Gasteiger partial charge in [0.25, 0.3) is 5.91 Å². The Morgan fingerprint density at radius 3 is 3.08 bits per heavy atom. The number of halogens is 1. The number of hydrogen-bond acceptors (Lipinski definition) is 5. The smallest absolute Gasteiger partial charge is 0.269 e. The van der Waals surface area contributed by atoms with Crippen LogP contribution in [0.3, 0.4) is 0 Å². The summed E-state index contributed by atoms with van der Waals surface area (Å²) in [6.07, 6.45) is 2.56. The minimum atomic E-state index is -0.191. The number of carbonyl (C=O) groups excluding carboxylic acids is 1. The molecule has 1 aromatic carbocycles. The van der Waals surface area contributed by atoms with Crippen molar-refractivity contribution in [3.8, 4) is 0 Å². The molecule has 0 bridgehead atoms. The Balaban J connectivity index is 1.44. The Kier molecular flexibility index (Phi) is 5.27. The quantitative estimate of drug-likeness (QED) is 0.623. The molecular formula is C19H20ClN3OS2. The number of nitrogens with zero attached hydrogens (tertiary/aromatic N) is 2. The number of benzene rings is 1. The highest BCUT2D eigenvalue weighted by molar-refractivity contribution is 7.21. The molecule has 3 aromatic rings. The molecule has 26 heavy (non-hydrogen) atoms. The van der Waals surface area contributed by atoms with Crippen LogP contribution in [0.5, 0.6) is 0 Å². The van der Waals surface area contributed by atoms with Crippen LogP contribution in [0.1, 0.15) is 35.1 Å². The first kappa shape index (κ1) is 17.9. The molecule has 4 rings (SSSR count). The molecule has 0 radical (unpaired) electrons. The fourth-order valence-electron chi connectivity index (χ4n) is 3.41. The number of thiophene rings is 1. The standard InChI is InChI=1S/C19H20ClN3OS2/c1-12-5-4-8-23(9-12)10-13-11-25-19(21-13)22-18(24)17-16(20)14-6-2-3-7-15(14)26-17/h2-3,6-7,11-12H,4-5,8-10H2,1H3,(H,21,22,24). The van der Waals surface area contributed by atoms with E-state index >= 15 is 0 Å². The lowest BCUT2D eigenvalue weighted by atomic mass is 10.0. The van der Waals surface area contributed by atoms with Crippen molar-refractivity contribution < 1.29 is 4.79 Å². The molecule has 1 aliphatic heterocycles. The SMILES string of the molecule is CC1CCCN(Cc2csc(NC(=O)c3sc4ccccc4c3Cl)n2)C1. The predicted molar refractivity (Wildman–Crippen MR) is 111 cm³/mol. The van der Waals surface area contributed by atoms with Crippen LogP contribution < -0.4 is 5.32 Å². The zero-order valence-corrected chi connectivity index (χ0v) is 16.9. The van der Waals surface area contributed by atoms with Crippen molar-refractivity contribution in [3.05, 3.63) is 45.2 Å². The summed E-state index contributed by atoms with van der Waals surface area (Å²) in [6, 6.07) is 7.79. The van der Waals surface area contributed by atoms with Gasteiger partial charge in [-0.25, -0.2) is 4.98 Å². The number of thiazole rings is 1. The van der Waals surface area contributed by atoms with Gasteiger partial charge in [0.1, 0.15) is 4.88 Å². The average molecular weight is 406 g/mol. The van der Waals surface area contributed by atoms with Crippen molar-refractivity contribution in [2.45, 2.75) is 26.3 Å². The second kappa shape index (κ2) is 7.64. The van der Waals surface area contributed by atoms with E-state index in [2.05, 4.69) is 22.1 Å². The van der Waals surface area contributed by atoms with Gasteiger partial charge in [0.15, 0.2) is 5.13 Å². The lowest BCUT2D eigenvalue weighted by Gasteiger charge is -2.30. The number of piperidine rings is 1. The van der Waals surface area contributed by atoms with E-state index in [-0.39, 0.29) is 5.91 Å². The Hall–Kier alpha value is -1.47. The van der Waals surface area contributed by atoms with Crippen LogP contribution in [-0.4, -0.2) is 28.9 Å². The van der Waals surface area contributed by atoms with Gasteiger partial charge < -0.3 is 0 Å². The summed E-state index contributed by atoms with van der Waals surface area (Å²) < 4.78 is 1.02. The molecule has 4 nitrogen and oxygen atoms in total. The van der Waals surface area contributed by atoms with Gasteiger partial charge in [-0.3, -0.25) is 15.0 Å². The summed E-state index contributed by atoms with van der Waals surface area (Å²) in [5, 5.41) is 7.00. The molecule has 1 aliphatic rings. The summed E-state index contributed by atoms with van der Waals surface area (Å²) in [5.41, 5.74) is 1.02. The largest absolute Gasteiger partial charge is 0.297 e. The van der Waals surface area contributed by atoms with Gasteiger partial charge in [0.05, 0.1) is 10.7 Å². The molecule has 1 saturated heterocycles. The second-order valence-electron chi connectivity index (χ2n) is 6.82. The highest BCUT2D eigenvalue weighted by Gasteiger charge is 2.20. The number of anilines is 1. The van der Waals surface area contributed by atoms with Crippen molar-refractivity contribution in [1.82, 2.24) is 9.88 Å². The number of amides is 1. The van der Waals surface area contributed by atoms with E-state index in [1.807, 2.05) is 29.6 Å². The normalized spacial score (nSPS) is 18.3. The number of nitrogens with one attached hydrogen (secondary N) is 1. The first-order valence-electron chi connectivity index (χ1n) is 8.75. The summed E-state index contributed by atoms with van der Waals surface area (Å²) in [6.45, 7) is 5.39. The van der Waals surface area contributed by atoms with Crippen molar-refractivity contribution in [2.24, 2.45) is 5.92 Å². The number of rotatable bonds is 4. The zero-order chi connectivity index (χ0) is 18.1. The van der Waals surface area contributed by atoms with Gasteiger partial charge in [0, 0.05) is 28.6 Å². The van der Waals surface area contributed by atoms with Crippen molar-refractivity contribution >= 4 is 55.4 Å². The zero-order valence-electron chi connectivity index (χ0n) is 14.5. The Labute approximate surface area is 165 Å². The maximum Gasteiger partial charge on any atom is 0.269 e. The molecular weight excluding hydrogens is 386 g/mol. The molecule has 1 N–H and O–H groups in total. The van der Waals surface area contributed by atoms with Crippen LogP contribution in [0.25, 0.3) is 10.1 Å². The van der Waals surface area contributed by atoms with Crippen molar-refractivity contribution in [2.75, 3.05) is 18.4 Å². The molecule has 7 heteroatoms. The molecule has 0 spiro atoms. The van der Waals surface area contributed by atoms with Crippen LogP contribution >= 0.6 is 34.3 Å². The maximum absolute atomic E-state index is 12.6. The van der Waals surface area contributed by atoms with Gasteiger partial charge in [0.2, 0.25) is 0 Å². The number of aromatic nitrogens is 1. The molecule has 0 aliphatic carbocycles. The van der Waals surface area contributed by atoms with Crippen molar-refractivity contribution in [3.63, 3.8) is 0 Å². The predicted octanol–water partition coefficient (Wildman–Crippen LogP) is 5.50.